The first-order valence-electron chi connectivity index (χ1n) is 9.57. The number of carbonyl (C=O) groups excluding carboxylic acids is 1. The SMILES string of the molecule is Cc1nc(-c2ccccc2)sc1-c1ccc(SCC(=O)NC[C@H]2CCCO2)nn1. The highest BCUT2D eigenvalue weighted by Crippen LogP contribution is 2.34. The number of ether oxygens (including phenoxy) is 1. The van der Waals surface area contributed by atoms with E-state index in [1.807, 2.05) is 37.3 Å². The molecule has 0 unspecified atom stereocenters. The molecule has 4 rings (SSSR count). The van der Waals surface area contributed by atoms with Gasteiger partial charge in [0.2, 0.25) is 5.91 Å². The van der Waals surface area contributed by atoms with Crippen molar-refractivity contribution in [3.63, 3.8) is 0 Å². The predicted octanol–water partition coefficient (Wildman–Crippen LogP) is 3.96. The number of thioether (sulfide) groups is 1. The third kappa shape index (κ3) is 5.20. The van der Waals surface area contributed by atoms with Crippen LogP contribution in [0.5, 0.6) is 0 Å². The number of nitrogens with zero attached hydrogens (tertiary/aromatic N) is 3. The third-order valence-electron chi connectivity index (χ3n) is 4.59. The monoisotopic (exact) mass is 426 g/mol. The maximum Gasteiger partial charge on any atom is 0.230 e. The standard InChI is InChI=1S/C21H22N4O2S2/c1-14-20(29-21(23-14)15-6-3-2-4-7-15)17-9-10-19(25-24-17)28-13-18(26)22-12-16-8-5-11-27-16/h2-4,6-7,9-10,16H,5,8,11-13H2,1H3,(H,22,26)/t16-/m1/s1. The first-order valence-corrected chi connectivity index (χ1v) is 11.4. The van der Waals surface area contributed by atoms with Gasteiger partial charge in [-0.1, -0.05) is 42.1 Å². The van der Waals surface area contributed by atoms with Crippen LogP contribution < -0.4 is 5.32 Å². The fraction of sp³-hybridized carbons (Fsp3) is 0.333. The molecule has 2 aromatic heterocycles. The number of carbonyl (C=O) groups is 1. The number of aryl methyl sites for hydroxylation is 1. The van der Waals surface area contributed by atoms with Crippen LogP contribution in [0.2, 0.25) is 0 Å². The lowest BCUT2D eigenvalue weighted by Crippen LogP contribution is -2.32. The number of nitrogens with one attached hydrogen (secondary N) is 1. The maximum absolute atomic E-state index is 12.0. The summed E-state index contributed by atoms with van der Waals surface area (Å²) >= 11 is 2.99. The van der Waals surface area contributed by atoms with Crippen LogP contribution in [0, 0.1) is 6.92 Å². The van der Waals surface area contributed by atoms with Crippen LogP contribution in [-0.4, -0.2) is 46.1 Å². The Bertz CT molecular complexity index is 955. The van der Waals surface area contributed by atoms with Crippen molar-refractivity contribution < 1.29 is 9.53 Å². The van der Waals surface area contributed by atoms with Gasteiger partial charge in [-0.25, -0.2) is 4.98 Å². The molecule has 0 bridgehead atoms. The van der Waals surface area contributed by atoms with E-state index in [0.717, 1.165) is 51.3 Å². The zero-order valence-corrected chi connectivity index (χ0v) is 17.8. The minimum Gasteiger partial charge on any atom is -0.376 e. The average Bonchev–Trinajstić information content (AvgIpc) is 3.41. The maximum atomic E-state index is 12.0. The number of amides is 1. The molecule has 3 heterocycles. The molecule has 0 saturated carbocycles. The van der Waals surface area contributed by atoms with Gasteiger partial charge < -0.3 is 10.1 Å². The van der Waals surface area contributed by atoms with Crippen molar-refractivity contribution in [3.05, 3.63) is 48.2 Å². The zero-order valence-electron chi connectivity index (χ0n) is 16.1. The topological polar surface area (TPSA) is 77.0 Å². The fourth-order valence-corrected chi connectivity index (χ4v) is 4.76. The van der Waals surface area contributed by atoms with Gasteiger partial charge in [0.15, 0.2) is 0 Å². The molecule has 1 aliphatic heterocycles. The Morgan fingerprint density at radius 2 is 2.10 bits per heavy atom. The van der Waals surface area contributed by atoms with Gasteiger partial charge in [0, 0.05) is 18.7 Å². The van der Waals surface area contributed by atoms with Gasteiger partial charge in [0.25, 0.3) is 0 Å². The largest absolute Gasteiger partial charge is 0.376 e. The van der Waals surface area contributed by atoms with Crippen molar-refractivity contribution in [2.75, 3.05) is 18.9 Å². The van der Waals surface area contributed by atoms with Crippen molar-refractivity contribution in [2.45, 2.75) is 30.9 Å². The van der Waals surface area contributed by atoms with E-state index < -0.39 is 0 Å². The van der Waals surface area contributed by atoms with E-state index in [1.165, 1.54) is 11.8 Å². The Labute approximate surface area is 178 Å². The van der Waals surface area contributed by atoms with E-state index in [0.29, 0.717) is 12.3 Å². The Hall–Kier alpha value is -2.29. The summed E-state index contributed by atoms with van der Waals surface area (Å²) in [5, 5.41) is 13.2. The van der Waals surface area contributed by atoms with Crippen molar-refractivity contribution >= 4 is 29.0 Å². The van der Waals surface area contributed by atoms with Crippen LogP contribution in [-0.2, 0) is 9.53 Å². The van der Waals surface area contributed by atoms with E-state index in [2.05, 4.69) is 32.6 Å². The second-order valence-electron chi connectivity index (χ2n) is 6.78. The fourth-order valence-electron chi connectivity index (χ4n) is 3.08. The highest BCUT2D eigenvalue weighted by Gasteiger charge is 2.16. The highest BCUT2D eigenvalue weighted by atomic mass is 32.2. The molecule has 8 heteroatoms. The summed E-state index contributed by atoms with van der Waals surface area (Å²) in [6.45, 7) is 3.36. The Morgan fingerprint density at radius 1 is 1.24 bits per heavy atom. The minimum absolute atomic E-state index is 0.0119. The minimum atomic E-state index is -0.0119. The normalized spacial score (nSPS) is 16.1. The van der Waals surface area contributed by atoms with E-state index in [1.54, 1.807) is 11.3 Å². The number of hydrogen-bond donors (Lipinski definition) is 1. The molecule has 1 amide bonds. The molecule has 0 spiro atoms. The molecular formula is C21H22N4O2S2. The van der Waals surface area contributed by atoms with Crippen LogP contribution in [0.1, 0.15) is 18.5 Å². The van der Waals surface area contributed by atoms with Crippen LogP contribution in [0.3, 0.4) is 0 Å². The number of rotatable bonds is 7. The lowest BCUT2D eigenvalue weighted by atomic mass is 10.2. The van der Waals surface area contributed by atoms with E-state index in [4.69, 9.17) is 4.74 Å². The van der Waals surface area contributed by atoms with Gasteiger partial charge in [0.1, 0.15) is 15.7 Å². The quantitative estimate of drug-likeness (QED) is 0.576. The second-order valence-corrected chi connectivity index (χ2v) is 8.78. The Kier molecular flexibility index (Phi) is 6.53. The Morgan fingerprint density at radius 3 is 2.83 bits per heavy atom. The number of thiazole rings is 1. The van der Waals surface area contributed by atoms with Gasteiger partial charge in [-0.2, -0.15) is 0 Å². The summed E-state index contributed by atoms with van der Waals surface area (Å²) in [7, 11) is 0. The lowest BCUT2D eigenvalue weighted by molar-refractivity contribution is -0.119. The van der Waals surface area contributed by atoms with Crippen LogP contribution in [0.4, 0.5) is 0 Å². The second kappa shape index (κ2) is 9.47. The smallest absolute Gasteiger partial charge is 0.230 e. The van der Waals surface area contributed by atoms with E-state index in [-0.39, 0.29) is 12.0 Å². The van der Waals surface area contributed by atoms with Crippen molar-refractivity contribution in [3.8, 4) is 21.1 Å². The summed E-state index contributed by atoms with van der Waals surface area (Å²) in [4.78, 5) is 17.7. The summed E-state index contributed by atoms with van der Waals surface area (Å²) < 4.78 is 5.51. The molecule has 1 atom stereocenters. The molecule has 0 radical (unpaired) electrons. The number of benzene rings is 1. The zero-order chi connectivity index (χ0) is 20.1. The van der Waals surface area contributed by atoms with Gasteiger partial charge in [-0.15, -0.1) is 21.5 Å². The van der Waals surface area contributed by atoms with Crippen molar-refractivity contribution in [1.29, 1.82) is 0 Å². The van der Waals surface area contributed by atoms with Gasteiger partial charge in [-0.05, 0) is 31.9 Å². The van der Waals surface area contributed by atoms with Crippen LogP contribution >= 0.6 is 23.1 Å². The van der Waals surface area contributed by atoms with E-state index in [9.17, 15) is 4.79 Å². The molecule has 1 aromatic carbocycles. The molecule has 0 aliphatic carbocycles. The average molecular weight is 427 g/mol. The molecule has 3 aromatic rings. The summed E-state index contributed by atoms with van der Waals surface area (Å²) in [5.74, 6) is 0.306. The van der Waals surface area contributed by atoms with Crippen LogP contribution in [0.25, 0.3) is 21.1 Å². The van der Waals surface area contributed by atoms with Gasteiger partial charge in [-0.3, -0.25) is 4.79 Å². The van der Waals surface area contributed by atoms with Crippen LogP contribution in [0.15, 0.2) is 47.5 Å². The molecule has 1 fully saturated rings. The molecule has 1 aliphatic rings. The van der Waals surface area contributed by atoms with Crippen molar-refractivity contribution in [1.82, 2.24) is 20.5 Å². The molecule has 150 valence electrons. The lowest BCUT2D eigenvalue weighted by Gasteiger charge is -2.10. The van der Waals surface area contributed by atoms with Crippen molar-refractivity contribution in [2.24, 2.45) is 0 Å². The number of aromatic nitrogens is 3. The van der Waals surface area contributed by atoms with Gasteiger partial charge in [0.05, 0.1) is 22.4 Å². The molecule has 1 N–H and O–H groups in total. The third-order valence-corrected chi connectivity index (χ3v) is 6.74. The summed E-state index contributed by atoms with van der Waals surface area (Å²) in [5.41, 5.74) is 2.84. The first kappa shape index (κ1) is 20.0. The highest BCUT2D eigenvalue weighted by molar-refractivity contribution is 7.99. The molecule has 29 heavy (non-hydrogen) atoms. The summed E-state index contributed by atoms with van der Waals surface area (Å²) in [6.07, 6.45) is 2.25. The molecular weight excluding hydrogens is 404 g/mol. The molecule has 1 saturated heterocycles. The molecule has 6 nitrogen and oxygen atoms in total. The first-order chi connectivity index (χ1) is 14.2. The Balaban J connectivity index is 1.34. The number of hydrogen-bond acceptors (Lipinski definition) is 7. The predicted molar refractivity (Wildman–Crippen MR) is 116 cm³/mol. The van der Waals surface area contributed by atoms with E-state index >= 15 is 0 Å². The van der Waals surface area contributed by atoms with Gasteiger partial charge >= 0.3 is 0 Å². The summed E-state index contributed by atoms with van der Waals surface area (Å²) in [6, 6.07) is 14.0.